The fourth-order valence-electron chi connectivity index (χ4n) is 2.75. The van der Waals surface area contributed by atoms with E-state index >= 15 is 0 Å². The molecule has 2 heterocycles. The molecule has 1 aromatic carbocycles. The molecule has 27 heavy (non-hydrogen) atoms. The van der Waals surface area contributed by atoms with E-state index < -0.39 is 23.3 Å². The highest BCUT2D eigenvalue weighted by Gasteiger charge is 2.19. The predicted molar refractivity (Wildman–Crippen MR) is 98.1 cm³/mol. The van der Waals surface area contributed by atoms with Crippen molar-refractivity contribution in [1.82, 2.24) is 24.9 Å². The van der Waals surface area contributed by atoms with Gasteiger partial charge in [-0.1, -0.05) is 18.2 Å². The Labute approximate surface area is 155 Å². The largest absolute Gasteiger partial charge is 0.350 e. The van der Waals surface area contributed by atoms with E-state index in [1.807, 2.05) is 19.9 Å². The molecular weight excluding hydrogens is 349 g/mol. The molecule has 0 fully saturated rings. The molecule has 0 aliphatic heterocycles. The summed E-state index contributed by atoms with van der Waals surface area (Å²) in [4.78, 5) is 24.6. The molecular formula is C19H20FN5O2. The lowest BCUT2D eigenvalue weighted by Gasteiger charge is -2.15. The van der Waals surface area contributed by atoms with Gasteiger partial charge in [-0.25, -0.2) is 13.8 Å². The van der Waals surface area contributed by atoms with Crippen LogP contribution < -0.4 is 10.9 Å². The highest BCUT2D eigenvalue weighted by molar-refractivity contribution is 5.79. The van der Waals surface area contributed by atoms with Crippen LogP contribution in [0.1, 0.15) is 29.9 Å². The summed E-state index contributed by atoms with van der Waals surface area (Å²) in [7, 11) is 0. The van der Waals surface area contributed by atoms with Crippen molar-refractivity contribution >= 4 is 5.91 Å². The van der Waals surface area contributed by atoms with Gasteiger partial charge in [0.2, 0.25) is 5.91 Å². The molecule has 0 bridgehead atoms. The van der Waals surface area contributed by atoms with Gasteiger partial charge in [-0.15, -0.1) is 5.10 Å². The lowest BCUT2D eigenvalue weighted by Crippen LogP contribution is -2.37. The number of aromatic nitrogens is 4. The molecule has 7 nitrogen and oxygen atoms in total. The smallest absolute Gasteiger partial charge is 0.267 e. The summed E-state index contributed by atoms with van der Waals surface area (Å²) in [6.07, 6.45) is 0. The van der Waals surface area contributed by atoms with E-state index in [4.69, 9.17) is 0 Å². The van der Waals surface area contributed by atoms with Crippen molar-refractivity contribution in [1.29, 1.82) is 0 Å². The fourth-order valence-corrected chi connectivity index (χ4v) is 2.75. The molecule has 0 aliphatic carbocycles. The second kappa shape index (κ2) is 7.53. The molecule has 0 saturated heterocycles. The number of benzene rings is 1. The third kappa shape index (κ3) is 3.94. The van der Waals surface area contributed by atoms with Crippen molar-refractivity contribution in [3.8, 4) is 5.82 Å². The van der Waals surface area contributed by atoms with E-state index in [0.29, 0.717) is 11.4 Å². The van der Waals surface area contributed by atoms with Crippen LogP contribution in [0.3, 0.4) is 0 Å². The van der Waals surface area contributed by atoms with Crippen molar-refractivity contribution in [3.05, 3.63) is 75.6 Å². The van der Waals surface area contributed by atoms with Crippen molar-refractivity contribution < 1.29 is 9.18 Å². The molecule has 0 aliphatic rings. The minimum absolute atomic E-state index is 0.0295. The summed E-state index contributed by atoms with van der Waals surface area (Å²) in [5.41, 5.74) is 1.65. The number of rotatable bonds is 5. The van der Waals surface area contributed by atoms with E-state index in [-0.39, 0.29) is 6.54 Å². The third-order valence-corrected chi connectivity index (χ3v) is 4.19. The number of carbonyl (C=O) groups excluding carboxylic acids is 1. The Morgan fingerprint density at radius 2 is 1.93 bits per heavy atom. The molecule has 8 heteroatoms. The SMILES string of the molecule is Cc1cc(C)n(-c2ccc(=O)n(C(C)C(=O)NCc3ccccc3F)n2)n1. The Kier molecular flexibility index (Phi) is 5.16. The summed E-state index contributed by atoms with van der Waals surface area (Å²) in [5, 5.41) is 11.3. The van der Waals surface area contributed by atoms with Crippen molar-refractivity contribution in [3.63, 3.8) is 0 Å². The average Bonchev–Trinajstić information content (AvgIpc) is 2.99. The number of hydrogen-bond acceptors (Lipinski definition) is 4. The molecule has 3 aromatic rings. The van der Waals surface area contributed by atoms with Gasteiger partial charge in [0.25, 0.3) is 5.56 Å². The van der Waals surface area contributed by atoms with Gasteiger partial charge in [-0.3, -0.25) is 9.59 Å². The van der Waals surface area contributed by atoms with E-state index in [1.165, 1.54) is 12.1 Å². The summed E-state index contributed by atoms with van der Waals surface area (Å²) in [6.45, 7) is 5.33. The van der Waals surface area contributed by atoms with E-state index in [0.717, 1.165) is 16.1 Å². The average molecular weight is 369 g/mol. The van der Waals surface area contributed by atoms with Gasteiger partial charge in [0.1, 0.15) is 11.9 Å². The maximum absolute atomic E-state index is 13.7. The summed E-state index contributed by atoms with van der Waals surface area (Å²) >= 11 is 0. The quantitative estimate of drug-likeness (QED) is 0.746. The number of nitrogens with one attached hydrogen (secondary N) is 1. The first-order chi connectivity index (χ1) is 12.9. The van der Waals surface area contributed by atoms with Gasteiger partial charge in [0.15, 0.2) is 5.82 Å². The molecule has 0 radical (unpaired) electrons. The highest BCUT2D eigenvalue weighted by Crippen LogP contribution is 2.10. The predicted octanol–water partition coefficient (Wildman–Crippen LogP) is 2.06. The van der Waals surface area contributed by atoms with Crippen molar-refractivity contribution in [2.24, 2.45) is 0 Å². The Morgan fingerprint density at radius 3 is 2.59 bits per heavy atom. The van der Waals surface area contributed by atoms with Crippen LogP contribution in [0, 0.1) is 19.7 Å². The Hall–Kier alpha value is -3.29. The molecule has 3 rings (SSSR count). The van der Waals surface area contributed by atoms with Crippen LogP contribution in [-0.4, -0.2) is 25.5 Å². The number of amides is 1. The van der Waals surface area contributed by atoms with Crippen LogP contribution in [0.2, 0.25) is 0 Å². The number of nitrogens with zero attached hydrogens (tertiary/aromatic N) is 4. The zero-order valence-corrected chi connectivity index (χ0v) is 15.3. The minimum Gasteiger partial charge on any atom is -0.350 e. The second-order valence-corrected chi connectivity index (χ2v) is 6.30. The van der Waals surface area contributed by atoms with E-state index in [2.05, 4.69) is 15.5 Å². The fraction of sp³-hybridized carbons (Fsp3) is 0.263. The molecule has 140 valence electrons. The molecule has 0 spiro atoms. The molecule has 2 aromatic heterocycles. The van der Waals surface area contributed by atoms with Crippen LogP contribution in [-0.2, 0) is 11.3 Å². The summed E-state index contributed by atoms with van der Waals surface area (Å²) < 4.78 is 16.4. The lowest BCUT2D eigenvalue weighted by molar-refractivity contribution is -0.124. The zero-order chi connectivity index (χ0) is 19.6. The Balaban J connectivity index is 1.81. The van der Waals surface area contributed by atoms with Gasteiger partial charge in [0, 0.05) is 23.9 Å². The van der Waals surface area contributed by atoms with E-state index in [1.54, 1.807) is 35.9 Å². The molecule has 1 amide bonds. The Bertz CT molecular complexity index is 1040. The highest BCUT2D eigenvalue weighted by atomic mass is 19.1. The van der Waals surface area contributed by atoms with Gasteiger partial charge in [-0.05, 0) is 39.0 Å². The monoisotopic (exact) mass is 369 g/mol. The van der Waals surface area contributed by atoms with Crippen LogP contribution >= 0.6 is 0 Å². The molecule has 0 saturated carbocycles. The first kappa shape index (κ1) is 18.5. The van der Waals surface area contributed by atoms with Gasteiger partial charge >= 0.3 is 0 Å². The topological polar surface area (TPSA) is 81.8 Å². The number of halogens is 1. The number of hydrogen-bond donors (Lipinski definition) is 1. The summed E-state index contributed by atoms with van der Waals surface area (Å²) in [5.74, 6) is -0.389. The normalized spacial score (nSPS) is 12.0. The minimum atomic E-state index is -0.860. The third-order valence-electron chi connectivity index (χ3n) is 4.19. The second-order valence-electron chi connectivity index (χ2n) is 6.30. The van der Waals surface area contributed by atoms with E-state index in [9.17, 15) is 14.0 Å². The van der Waals surface area contributed by atoms with Crippen molar-refractivity contribution in [2.45, 2.75) is 33.4 Å². The van der Waals surface area contributed by atoms with Gasteiger partial charge in [0.05, 0.1) is 5.69 Å². The molecule has 1 unspecified atom stereocenters. The molecule has 1 N–H and O–H groups in total. The van der Waals surface area contributed by atoms with Crippen LogP contribution in [0.5, 0.6) is 0 Å². The first-order valence-electron chi connectivity index (χ1n) is 8.51. The van der Waals surface area contributed by atoms with Crippen LogP contribution in [0.4, 0.5) is 4.39 Å². The standard InChI is InChI=1S/C19H20FN5O2/c1-12-10-13(2)24(22-12)17-8-9-18(26)25(23-17)14(3)19(27)21-11-15-6-4-5-7-16(15)20/h4-10,14H,11H2,1-3H3,(H,21,27). The lowest BCUT2D eigenvalue weighted by atomic mass is 10.2. The summed E-state index contributed by atoms with van der Waals surface area (Å²) in [6, 6.07) is 10.1. The number of carbonyl (C=O) groups is 1. The van der Waals surface area contributed by atoms with Crippen LogP contribution in [0.15, 0.2) is 47.3 Å². The Morgan fingerprint density at radius 1 is 1.19 bits per heavy atom. The van der Waals surface area contributed by atoms with Crippen molar-refractivity contribution in [2.75, 3.05) is 0 Å². The van der Waals surface area contributed by atoms with Gasteiger partial charge in [-0.2, -0.15) is 5.10 Å². The zero-order valence-electron chi connectivity index (χ0n) is 15.3. The molecule has 1 atom stereocenters. The number of aryl methyl sites for hydroxylation is 2. The maximum atomic E-state index is 13.7. The maximum Gasteiger partial charge on any atom is 0.267 e. The van der Waals surface area contributed by atoms with Gasteiger partial charge < -0.3 is 5.32 Å². The first-order valence-corrected chi connectivity index (χ1v) is 8.51. The van der Waals surface area contributed by atoms with Crippen LogP contribution in [0.25, 0.3) is 5.82 Å².